The van der Waals surface area contributed by atoms with Gasteiger partial charge in [0, 0.05) is 19.3 Å². The summed E-state index contributed by atoms with van der Waals surface area (Å²) in [7, 11) is -3.11. The Morgan fingerprint density at radius 3 is 2.65 bits per heavy atom. The van der Waals surface area contributed by atoms with E-state index in [1.165, 1.54) is 4.68 Å². The Bertz CT molecular complexity index is 625. The topological polar surface area (TPSA) is 114 Å². The Morgan fingerprint density at radius 1 is 1.45 bits per heavy atom. The number of ether oxygens (including phenoxy) is 1. The molecule has 1 aliphatic rings. The molecule has 1 fully saturated rings. The monoisotopic (exact) mass is 299 g/mol. The van der Waals surface area contributed by atoms with Gasteiger partial charge >= 0.3 is 0 Å². The van der Waals surface area contributed by atoms with E-state index in [4.69, 9.17) is 10.5 Å². The molecular formula is C11H17N5O3S. The highest BCUT2D eigenvalue weighted by atomic mass is 32.2. The lowest BCUT2D eigenvalue weighted by atomic mass is 10.3. The van der Waals surface area contributed by atoms with Gasteiger partial charge in [-0.1, -0.05) is 0 Å². The molecule has 0 aromatic carbocycles. The van der Waals surface area contributed by atoms with Gasteiger partial charge in [0.05, 0.1) is 25.5 Å². The van der Waals surface area contributed by atoms with Gasteiger partial charge in [-0.15, -0.1) is 0 Å². The molecule has 1 saturated heterocycles. The van der Waals surface area contributed by atoms with Crippen molar-refractivity contribution in [3.8, 4) is 6.07 Å². The predicted octanol–water partition coefficient (Wildman–Crippen LogP) is -0.782. The maximum Gasteiger partial charge on any atom is 0.171 e. The SMILES string of the molecule is CS(=O)(=O)CCn1nc(N2CCOCC2)c(C#N)c1N. The highest BCUT2D eigenvalue weighted by molar-refractivity contribution is 7.90. The van der Waals surface area contributed by atoms with Gasteiger partial charge in [0.1, 0.15) is 27.3 Å². The van der Waals surface area contributed by atoms with E-state index in [2.05, 4.69) is 5.10 Å². The standard InChI is InChI=1S/C11H17N5O3S/c1-20(17,18)7-4-16-10(13)9(8-12)11(14-16)15-2-5-19-6-3-15/h2-7,13H2,1H3. The van der Waals surface area contributed by atoms with Crippen molar-refractivity contribution < 1.29 is 13.2 Å². The number of morpholine rings is 1. The van der Waals surface area contributed by atoms with Gasteiger partial charge in [-0.25, -0.2) is 13.1 Å². The first-order valence-electron chi connectivity index (χ1n) is 6.19. The molecule has 0 bridgehead atoms. The van der Waals surface area contributed by atoms with Crippen LogP contribution < -0.4 is 10.6 Å². The van der Waals surface area contributed by atoms with Crippen molar-refractivity contribution in [2.45, 2.75) is 6.54 Å². The minimum absolute atomic E-state index is 0.0632. The van der Waals surface area contributed by atoms with Crippen LogP contribution in [0, 0.1) is 11.3 Å². The summed E-state index contributed by atoms with van der Waals surface area (Å²) in [6.45, 7) is 2.56. The molecule has 2 rings (SSSR count). The van der Waals surface area contributed by atoms with E-state index in [1.54, 1.807) is 0 Å². The Hall–Kier alpha value is -1.79. The van der Waals surface area contributed by atoms with Crippen molar-refractivity contribution in [3.05, 3.63) is 5.56 Å². The number of nitrogens with two attached hydrogens (primary N) is 1. The lowest BCUT2D eigenvalue weighted by Crippen LogP contribution is -2.37. The molecule has 0 spiro atoms. The summed E-state index contributed by atoms with van der Waals surface area (Å²) < 4.78 is 29.0. The number of nitriles is 1. The maximum atomic E-state index is 11.2. The number of aromatic nitrogens is 2. The zero-order chi connectivity index (χ0) is 14.8. The molecule has 0 radical (unpaired) electrons. The van der Waals surface area contributed by atoms with Crippen molar-refractivity contribution >= 4 is 21.5 Å². The summed E-state index contributed by atoms with van der Waals surface area (Å²) in [6, 6.07) is 2.04. The Balaban J connectivity index is 2.26. The van der Waals surface area contributed by atoms with Gasteiger partial charge in [-0.2, -0.15) is 10.4 Å². The van der Waals surface area contributed by atoms with E-state index in [9.17, 15) is 13.7 Å². The highest BCUT2D eigenvalue weighted by Gasteiger charge is 2.22. The molecule has 2 N–H and O–H groups in total. The predicted molar refractivity (Wildman–Crippen MR) is 74.1 cm³/mol. The quantitative estimate of drug-likeness (QED) is 0.775. The molecule has 1 aromatic heterocycles. The fourth-order valence-electron chi connectivity index (χ4n) is 1.99. The highest BCUT2D eigenvalue weighted by Crippen LogP contribution is 2.25. The molecule has 9 heteroatoms. The van der Waals surface area contributed by atoms with E-state index in [-0.39, 0.29) is 18.1 Å². The van der Waals surface area contributed by atoms with Gasteiger partial charge in [-0.3, -0.25) is 0 Å². The molecule has 0 unspecified atom stereocenters. The molecule has 1 aliphatic heterocycles. The van der Waals surface area contributed by atoms with Gasteiger partial charge in [0.2, 0.25) is 0 Å². The van der Waals surface area contributed by atoms with Crippen LogP contribution in [0.4, 0.5) is 11.6 Å². The molecule has 2 heterocycles. The number of aryl methyl sites for hydroxylation is 1. The summed E-state index contributed by atoms with van der Waals surface area (Å²) in [6.07, 6.45) is 1.15. The van der Waals surface area contributed by atoms with Crippen molar-refractivity contribution in [2.75, 3.05) is 48.9 Å². The minimum Gasteiger partial charge on any atom is -0.383 e. The van der Waals surface area contributed by atoms with Gasteiger partial charge in [-0.05, 0) is 0 Å². The molecule has 0 saturated carbocycles. The molecule has 0 aliphatic carbocycles. The second-order valence-corrected chi connectivity index (χ2v) is 6.91. The Morgan fingerprint density at radius 2 is 2.10 bits per heavy atom. The van der Waals surface area contributed by atoms with E-state index < -0.39 is 9.84 Å². The number of anilines is 2. The smallest absolute Gasteiger partial charge is 0.171 e. The van der Waals surface area contributed by atoms with Crippen LogP contribution in [-0.4, -0.2) is 56.5 Å². The third kappa shape index (κ3) is 3.20. The van der Waals surface area contributed by atoms with E-state index in [0.29, 0.717) is 37.7 Å². The molecule has 0 amide bonds. The van der Waals surface area contributed by atoms with Crippen LogP contribution in [0.2, 0.25) is 0 Å². The van der Waals surface area contributed by atoms with Crippen LogP contribution in [0.15, 0.2) is 0 Å². The lowest BCUT2D eigenvalue weighted by molar-refractivity contribution is 0.122. The van der Waals surface area contributed by atoms with Gasteiger partial charge in [0.25, 0.3) is 0 Å². The molecule has 1 aromatic rings. The van der Waals surface area contributed by atoms with E-state index >= 15 is 0 Å². The first kappa shape index (κ1) is 14.6. The average molecular weight is 299 g/mol. The number of sulfone groups is 1. The van der Waals surface area contributed by atoms with Gasteiger partial charge < -0.3 is 15.4 Å². The van der Waals surface area contributed by atoms with Crippen molar-refractivity contribution in [1.29, 1.82) is 5.26 Å². The van der Waals surface area contributed by atoms with E-state index in [0.717, 1.165) is 6.26 Å². The Kier molecular flexibility index (Phi) is 4.15. The van der Waals surface area contributed by atoms with Crippen LogP contribution in [0.25, 0.3) is 0 Å². The molecule has 8 nitrogen and oxygen atoms in total. The second-order valence-electron chi connectivity index (χ2n) is 4.65. The van der Waals surface area contributed by atoms with E-state index in [1.807, 2.05) is 11.0 Å². The number of rotatable bonds is 4. The molecule has 20 heavy (non-hydrogen) atoms. The lowest BCUT2D eigenvalue weighted by Gasteiger charge is -2.26. The summed E-state index contributed by atoms with van der Waals surface area (Å²) >= 11 is 0. The van der Waals surface area contributed by atoms with Crippen molar-refractivity contribution in [3.63, 3.8) is 0 Å². The average Bonchev–Trinajstić information content (AvgIpc) is 2.73. The zero-order valence-electron chi connectivity index (χ0n) is 11.2. The summed E-state index contributed by atoms with van der Waals surface area (Å²) in [4.78, 5) is 1.93. The third-order valence-electron chi connectivity index (χ3n) is 3.07. The number of hydrogen-bond acceptors (Lipinski definition) is 7. The number of nitrogens with zero attached hydrogens (tertiary/aromatic N) is 4. The first-order chi connectivity index (χ1) is 9.42. The normalized spacial score (nSPS) is 16.1. The summed E-state index contributed by atoms with van der Waals surface area (Å²) in [5.41, 5.74) is 6.17. The number of nitrogen functional groups attached to an aromatic ring is 1. The first-order valence-corrected chi connectivity index (χ1v) is 8.25. The van der Waals surface area contributed by atoms with Crippen LogP contribution >= 0.6 is 0 Å². The van der Waals surface area contributed by atoms with Crippen LogP contribution in [-0.2, 0) is 21.1 Å². The van der Waals surface area contributed by atoms with Crippen LogP contribution in [0.5, 0.6) is 0 Å². The van der Waals surface area contributed by atoms with Crippen molar-refractivity contribution in [1.82, 2.24) is 9.78 Å². The van der Waals surface area contributed by atoms with Crippen LogP contribution in [0.3, 0.4) is 0 Å². The molecule has 0 atom stereocenters. The zero-order valence-corrected chi connectivity index (χ0v) is 12.1. The fourth-order valence-corrected chi connectivity index (χ4v) is 2.49. The summed E-state index contributed by atoms with van der Waals surface area (Å²) in [5, 5.41) is 13.5. The minimum atomic E-state index is -3.11. The fraction of sp³-hybridized carbons (Fsp3) is 0.636. The summed E-state index contributed by atoms with van der Waals surface area (Å²) in [5.74, 6) is 0.645. The largest absolute Gasteiger partial charge is 0.383 e. The third-order valence-corrected chi connectivity index (χ3v) is 3.99. The maximum absolute atomic E-state index is 11.2. The van der Waals surface area contributed by atoms with Crippen molar-refractivity contribution in [2.24, 2.45) is 0 Å². The Labute approximate surface area is 117 Å². The van der Waals surface area contributed by atoms with Gasteiger partial charge in [0.15, 0.2) is 5.82 Å². The van der Waals surface area contributed by atoms with Crippen LogP contribution in [0.1, 0.15) is 5.56 Å². The number of hydrogen-bond donors (Lipinski definition) is 1. The molecule has 110 valence electrons. The molecular weight excluding hydrogens is 282 g/mol. The second kappa shape index (κ2) is 5.68.